The predicted molar refractivity (Wildman–Crippen MR) is 70.5 cm³/mol. The van der Waals surface area contributed by atoms with Crippen molar-refractivity contribution in [1.82, 2.24) is 4.98 Å². The van der Waals surface area contributed by atoms with Crippen molar-refractivity contribution in [2.75, 3.05) is 0 Å². The Hall–Kier alpha value is -0.870. The van der Waals surface area contributed by atoms with Gasteiger partial charge < -0.3 is 4.74 Å². The second-order valence-corrected chi connectivity index (χ2v) is 5.38. The average molecular weight is 298 g/mol. The summed E-state index contributed by atoms with van der Waals surface area (Å²) in [7, 11) is 0. The van der Waals surface area contributed by atoms with E-state index in [4.69, 9.17) is 4.74 Å². The van der Waals surface area contributed by atoms with Crippen LogP contribution in [-0.4, -0.2) is 4.98 Å². The fraction of sp³-hybridized carbons (Fsp3) is 0.250. The molecule has 0 bridgehead atoms. The van der Waals surface area contributed by atoms with Gasteiger partial charge in [-0.2, -0.15) is 4.98 Å². The Balaban J connectivity index is 2.34. The van der Waals surface area contributed by atoms with Gasteiger partial charge in [0.25, 0.3) is 5.19 Å². The molecule has 2 nitrogen and oxygen atoms in total. The van der Waals surface area contributed by atoms with Crippen LogP contribution in [0.2, 0.25) is 0 Å². The molecule has 0 aliphatic rings. The van der Waals surface area contributed by atoms with Crippen LogP contribution >= 0.6 is 27.3 Å². The van der Waals surface area contributed by atoms with Crippen molar-refractivity contribution in [3.63, 3.8) is 0 Å². The Morgan fingerprint density at radius 3 is 2.62 bits per heavy atom. The summed E-state index contributed by atoms with van der Waals surface area (Å²) < 4.78 is 6.58. The highest BCUT2D eigenvalue weighted by Gasteiger charge is 2.07. The molecule has 0 amide bonds. The van der Waals surface area contributed by atoms with Crippen molar-refractivity contribution < 1.29 is 4.74 Å². The quantitative estimate of drug-likeness (QED) is 0.807. The van der Waals surface area contributed by atoms with Crippen LogP contribution in [0.15, 0.2) is 22.1 Å². The summed E-state index contributed by atoms with van der Waals surface area (Å²) in [6, 6.07) is 4.19. The molecule has 16 heavy (non-hydrogen) atoms. The van der Waals surface area contributed by atoms with E-state index in [1.807, 2.05) is 11.4 Å². The van der Waals surface area contributed by atoms with Crippen molar-refractivity contribution in [2.45, 2.75) is 20.8 Å². The highest BCUT2D eigenvalue weighted by atomic mass is 79.9. The van der Waals surface area contributed by atoms with E-state index in [2.05, 4.69) is 47.8 Å². The molecule has 0 radical (unpaired) electrons. The van der Waals surface area contributed by atoms with E-state index in [0.717, 1.165) is 15.9 Å². The highest BCUT2D eigenvalue weighted by molar-refractivity contribution is 9.10. The lowest BCUT2D eigenvalue weighted by atomic mass is 10.1. The van der Waals surface area contributed by atoms with E-state index >= 15 is 0 Å². The lowest BCUT2D eigenvalue weighted by molar-refractivity contribution is 0.473. The van der Waals surface area contributed by atoms with Gasteiger partial charge in [0.15, 0.2) is 0 Å². The van der Waals surface area contributed by atoms with E-state index in [1.165, 1.54) is 22.5 Å². The van der Waals surface area contributed by atoms with Crippen LogP contribution < -0.4 is 4.74 Å². The Morgan fingerprint density at radius 2 is 2.00 bits per heavy atom. The number of halogens is 1. The number of benzene rings is 1. The van der Waals surface area contributed by atoms with Crippen molar-refractivity contribution >= 4 is 27.3 Å². The van der Waals surface area contributed by atoms with Crippen molar-refractivity contribution in [3.8, 4) is 10.9 Å². The van der Waals surface area contributed by atoms with Gasteiger partial charge in [0.2, 0.25) is 0 Å². The molecule has 0 fully saturated rings. The smallest absolute Gasteiger partial charge is 0.279 e. The number of hydrogen-bond acceptors (Lipinski definition) is 3. The fourth-order valence-corrected chi connectivity index (χ4v) is 2.59. The molecule has 0 saturated heterocycles. The molecule has 1 aromatic heterocycles. The van der Waals surface area contributed by atoms with Crippen LogP contribution in [0.3, 0.4) is 0 Å². The van der Waals surface area contributed by atoms with Gasteiger partial charge >= 0.3 is 0 Å². The lowest BCUT2D eigenvalue weighted by Gasteiger charge is -2.09. The molecule has 2 aromatic rings. The molecule has 2 rings (SSSR count). The third-order valence-corrected chi connectivity index (χ3v) is 3.84. The van der Waals surface area contributed by atoms with Gasteiger partial charge in [-0.05, 0) is 59.5 Å². The second-order valence-electron chi connectivity index (χ2n) is 3.74. The van der Waals surface area contributed by atoms with Gasteiger partial charge in [0.05, 0.1) is 0 Å². The normalized spacial score (nSPS) is 10.5. The third-order valence-electron chi connectivity index (χ3n) is 2.42. The molecule has 0 N–H and O–H groups in total. The molecule has 0 aliphatic carbocycles. The molecule has 0 atom stereocenters. The summed E-state index contributed by atoms with van der Waals surface area (Å²) >= 11 is 4.80. The van der Waals surface area contributed by atoms with E-state index in [-0.39, 0.29) is 0 Å². The van der Waals surface area contributed by atoms with Gasteiger partial charge in [-0.3, -0.25) is 0 Å². The first-order valence-electron chi connectivity index (χ1n) is 4.93. The first kappa shape index (κ1) is 11.6. The van der Waals surface area contributed by atoms with Crippen molar-refractivity contribution in [1.29, 1.82) is 0 Å². The summed E-state index contributed by atoms with van der Waals surface area (Å²) in [5.74, 6) is 0.888. The molecular formula is C12H12BrNOS. The Kier molecular flexibility index (Phi) is 3.30. The number of thiazole rings is 1. The summed E-state index contributed by atoms with van der Waals surface area (Å²) in [6.07, 6.45) is 0. The minimum absolute atomic E-state index is 0.667. The monoisotopic (exact) mass is 297 g/mol. The van der Waals surface area contributed by atoms with Crippen LogP contribution in [-0.2, 0) is 0 Å². The SMILES string of the molecule is Cc1cc(C)c(C)c(Oc2nc(Br)cs2)c1. The van der Waals surface area contributed by atoms with Crippen LogP contribution in [0.4, 0.5) is 0 Å². The van der Waals surface area contributed by atoms with Crippen LogP contribution in [0.5, 0.6) is 10.9 Å². The maximum atomic E-state index is 5.77. The molecule has 4 heteroatoms. The van der Waals surface area contributed by atoms with Crippen molar-refractivity contribution in [3.05, 3.63) is 38.8 Å². The van der Waals surface area contributed by atoms with E-state index in [0.29, 0.717) is 5.19 Å². The number of hydrogen-bond donors (Lipinski definition) is 0. The fourth-order valence-electron chi connectivity index (χ4n) is 1.49. The molecule has 1 heterocycles. The maximum Gasteiger partial charge on any atom is 0.279 e. The zero-order chi connectivity index (χ0) is 11.7. The molecule has 84 valence electrons. The molecule has 0 saturated carbocycles. The lowest BCUT2D eigenvalue weighted by Crippen LogP contribution is -1.91. The molecular weight excluding hydrogens is 286 g/mol. The zero-order valence-corrected chi connectivity index (χ0v) is 11.8. The first-order chi connectivity index (χ1) is 7.56. The van der Waals surface area contributed by atoms with Crippen molar-refractivity contribution in [2.24, 2.45) is 0 Å². The van der Waals surface area contributed by atoms with Crippen LogP contribution in [0, 0.1) is 20.8 Å². The summed E-state index contributed by atoms with van der Waals surface area (Å²) in [5, 5.41) is 2.58. The Morgan fingerprint density at radius 1 is 1.25 bits per heavy atom. The number of rotatable bonds is 2. The van der Waals surface area contributed by atoms with Gasteiger partial charge in [-0.15, -0.1) is 0 Å². The molecule has 0 unspecified atom stereocenters. The Labute approximate surface area is 107 Å². The average Bonchev–Trinajstić information content (AvgIpc) is 2.60. The van der Waals surface area contributed by atoms with Gasteiger partial charge in [-0.25, -0.2) is 0 Å². The largest absolute Gasteiger partial charge is 0.431 e. The molecule has 0 spiro atoms. The standard InChI is InChI=1S/C12H12BrNOS/c1-7-4-8(2)9(3)10(5-7)15-12-14-11(13)6-16-12/h4-6H,1-3H3. The van der Waals surface area contributed by atoms with E-state index in [9.17, 15) is 0 Å². The molecule has 1 aromatic carbocycles. The highest BCUT2D eigenvalue weighted by Crippen LogP contribution is 2.31. The topological polar surface area (TPSA) is 22.1 Å². The van der Waals surface area contributed by atoms with Crippen LogP contribution in [0.25, 0.3) is 0 Å². The number of ether oxygens (including phenoxy) is 1. The zero-order valence-electron chi connectivity index (χ0n) is 9.37. The maximum absolute atomic E-state index is 5.77. The third kappa shape index (κ3) is 2.44. The van der Waals surface area contributed by atoms with Gasteiger partial charge in [-0.1, -0.05) is 17.4 Å². The number of nitrogens with zero attached hydrogens (tertiary/aromatic N) is 1. The minimum atomic E-state index is 0.667. The summed E-state index contributed by atoms with van der Waals surface area (Å²) in [6.45, 7) is 6.22. The van der Waals surface area contributed by atoms with Gasteiger partial charge in [0, 0.05) is 5.38 Å². The second kappa shape index (κ2) is 4.55. The Bertz CT molecular complexity index is 522. The number of aromatic nitrogens is 1. The van der Waals surface area contributed by atoms with E-state index in [1.54, 1.807) is 0 Å². The van der Waals surface area contributed by atoms with E-state index < -0.39 is 0 Å². The molecule has 0 aliphatic heterocycles. The predicted octanol–water partition coefficient (Wildman–Crippen LogP) is 4.62. The summed E-state index contributed by atoms with van der Waals surface area (Å²) in [4.78, 5) is 4.22. The summed E-state index contributed by atoms with van der Waals surface area (Å²) in [5.41, 5.74) is 3.61. The first-order valence-corrected chi connectivity index (χ1v) is 6.60. The van der Waals surface area contributed by atoms with Crippen LogP contribution in [0.1, 0.15) is 16.7 Å². The number of aryl methyl sites for hydroxylation is 2. The minimum Gasteiger partial charge on any atom is -0.431 e. The van der Waals surface area contributed by atoms with Gasteiger partial charge in [0.1, 0.15) is 10.4 Å².